The number of aromatic nitrogens is 2. The molecular weight excluding hydrogens is 476 g/mol. The summed E-state index contributed by atoms with van der Waals surface area (Å²) in [4.78, 5) is 52.3. The molecule has 1 aromatic heterocycles. The van der Waals surface area contributed by atoms with E-state index in [-0.39, 0.29) is 24.2 Å². The van der Waals surface area contributed by atoms with Gasteiger partial charge in [0, 0.05) is 27.2 Å². The van der Waals surface area contributed by atoms with Crippen LogP contribution in [0.2, 0.25) is 0 Å². The summed E-state index contributed by atoms with van der Waals surface area (Å²) in [5.41, 5.74) is 1.87. The lowest BCUT2D eigenvalue weighted by molar-refractivity contribution is -0.148. The van der Waals surface area contributed by atoms with E-state index in [1.807, 2.05) is 24.3 Å². The molecule has 1 aliphatic heterocycles. The summed E-state index contributed by atoms with van der Waals surface area (Å²) in [5.74, 6) is 0.0694. The van der Waals surface area contributed by atoms with Gasteiger partial charge in [-0.05, 0) is 49.6 Å². The van der Waals surface area contributed by atoms with Crippen LogP contribution in [0.5, 0.6) is 5.75 Å². The second-order valence-electron chi connectivity index (χ2n) is 9.18. The predicted molar refractivity (Wildman–Crippen MR) is 141 cm³/mol. The Balaban J connectivity index is 1.70. The van der Waals surface area contributed by atoms with Gasteiger partial charge in [0.1, 0.15) is 5.75 Å². The van der Waals surface area contributed by atoms with Crippen molar-refractivity contribution in [2.75, 3.05) is 37.0 Å². The first-order chi connectivity index (χ1) is 17.7. The molecule has 196 valence electrons. The number of rotatable bonds is 7. The normalized spacial score (nSPS) is 14.0. The summed E-state index contributed by atoms with van der Waals surface area (Å²) in [6.07, 6.45) is 1.35. The van der Waals surface area contributed by atoms with Crippen LogP contribution in [0, 0.1) is 5.92 Å². The molecule has 0 bridgehead atoms. The number of esters is 1. The number of benzene rings is 2. The number of anilines is 2. The Bertz CT molecular complexity index is 1450. The smallest absolute Gasteiger partial charge is 0.316 e. The van der Waals surface area contributed by atoms with E-state index in [1.54, 1.807) is 40.3 Å². The summed E-state index contributed by atoms with van der Waals surface area (Å²) in [6.45, 7) is 3.29. The maximum Gasteiger partial charge on any atom is 0.316 e. The highest BCUT2D eigenvalue weighted by Gasteiger charge is 2.28. The molecule has 2 aromatic carbocycles. The highest BCUT2D eigenvalue weighted by atomic mass is 16.5. The van der Waals surface area contributed by atoms with Crippen LogP contribution >= 0.6 is 0 Å². The number of nitrogens with one attached hydrogen (secondary N) is 1. The fraction of sp³-hybridized carbons (Fsp3) is 0.407. The number of ether oxygens (including phenoxy) is 2. The minimum Gasteiger partial charge on any atom is -0.497 e. The van der Waals surface area contributed by atoms with Crippen molar-refractivity contribution in [3.63, 3.8) is 0 Å². The lowest BCUT2D eigenvalue weighted by Crippen LogP contribution is -2.40. The Kier molecular flexibility index (Phi) is 7.66. The van der Waals surface area contributed by atoms with Crippen molar-refractivity contribution >= 4 is 34.3 Å². The summed E-state index contributed by atoms with van der Waals surface area (Å²) in [5, 5.41) is 3.01. The first kappa shape index (κ1) is 26.0. The van der Waals surface area contributed by atoms with Crippen LogP contribution in [0.15, 0.2) is 46.0 Å². The molecule has 1 fully saturated rings. The molecule has 10 heteroatoms. The first-order valence-electron chi connectivity index (χ1n) is 12.3. The predicted octanol–water partition coefficient (Wildman–Crippen LogP) is 2.21. The highest BCUT2D eigenvalue weighted by Crippen LogP contribution is 2.34. The van der Waals surface area contributed by atoms with Crippen molar-refractivity contribution in [3.8, 4) is 5.75 Å². The largest absolute Gasteiger partial charge is 0.497 e. The van der Waals surface area contributed by atoms with E-state index in [1.165, 1.54) is 9.13 Å². The van der Waals surface area contributed by atoms with Crippen LogP contribution in [-0.2, 0) is 34.8 Å². The van der Waals surface area contributed by atoms with Crippen LogP contribution in [0.1, 0.15) is 25.3 Å². The van der Waals surface area contributed by atoms with Gasteiger partial charge in [0.05, 0.1) is 48.5 Å². The average molecular weight is 509 g/mol. The Hall–Kier alpha value is -4.08. The van der Waals surface area contributed by atoms with Gasteiger partial charge in [-0.3, -0.25) is 19.2 Å². The number of aryl methyl sites for hydroxylation is 2. The van der Waals surface area contributed by atoms with E-state index >= 15 is 0 Å². The van der Waals surface area contributed by atoms with Crippen molar-refractivity contribution in [2.45, 2.75) is 26.2 Å². The van der Waals surface area contributed by atoms with Gasteiger partial charge in [-0.15, -0.1) is 0 Å². The molecule has 2 heterocycles. The minimum absolute atomic E-state index is 0.131. The van der Waals surface area contributed by atoms with E-state index in [9.17, 15) is 19.2 Å². The van der Waals surface area contributed by atoms with Gasteiger partial charge < -0.3 is 28.8 Å². The molecule has 37 heavy (non-hydrogen) atoms. The second kappa shape index (κ2) is 10.9. The summed E-state index contributed by atoms with van der Waals surface area (Å²) in [6, 6.07) is 10.8. The van der Waals surface area contributed by atoms with Crippen molar-refractivity contribution in [2.24, 2.45) is 20.0 Å². The summed E-state index contributed by atoms with van der Waals surface area (Å²) < 4.78 is 13.1. The molecule has 0 radical (unpaired) electrons. The first-order valence-corrected chi connectivity index (χ1v) is 12.3. The number of carbonyl (C=O) groups excluding carboxylic acids is 2. The zero-order valence-electron chi connectivity index (χ0n) is 21.6. The highest BCUT2D eigenvalue weighted by molar-refractivity contribution is 5.99. The Morgan fingerprint density at radius 2 is 1.65 bits per heavy atom. The maximum atomic E-state index is 13.1. The van der Waals surface area contributed by atoms with Gasteiger partial charge in [0.15, 0.2) is 0 Å². The van der Waals surface area contributed by atoms with Crippen LogP contribution in [0.4, 0.5) is 11.4 Å². The molecule has 1 saturated heterocycles. The number of amides is 1. The molecular formula is C27H32N4O6. The molecule has 3 aromatic rings. The molecule has 1 aliphatic rings. The van der Waals surface area contributed by atoms with Crippen LogP contribution < -0.4 is 26.1 Å². The number of piperidine rings is 1. The van der Waals surface area contributed by atoms with E-state index in [0.29, 0.717) is 55.0 Å². The SMILES string of the molecule is CCOC(=O)C1CCN(c2cc3c(cc2NC(=O)Cc2cccc(OC)c2)n(C)c(=O)c(=O)n3C)CC1. The van der Waals surface area contributed by atoms with Crippen LogP contribution in [-0.4, -0.2) is 47.8 Å². The van der Waals surface area contributed by atoms with E-state index in [0.717, 1.165) is 11.3 Å². The molecule has 4 rings (SSSR count). The molecule has 0 saturated carbocycles. The number of fused-ring (bicyclic) bond motifs is 1. The van der Waals surface area contributed by atoms with E-state index < -0.39 is 11.1 Å². The maximum absolute atomic E-state index is 13.1. The Morgan fingerprint density at radius 1 is 1.00 bits per heavy atom. The number of hydrogen-bond acceptors (Lipinski definition) is 7. The zero-order chi connectivity index (χ0) is 26.7. The molecule has 0 spiro atoms. The van der Waals surface area contributed by atoms with Gasteiger partial charge in [-0.2, -0.15) is 0 Å². The third-order valence-corrected chi connectivity index (χ3v) is 6.84. The van der Waals surface area contributed by atoms with Crippen LogP contribution in [0.25, 0.3) is 11.0 Å². The molecule has 1 N–H and O–H groups in total. The summed E-state index contributed by atoms with van der Waals surface area (Å²) >= 11 is 0. The lowest BCUT2D eigenvalue weighted by atomic mass is 9.96. The monoisotopic (exact) mass is 508 g/mol. The van der Waals surface area contributed by atoms with Gasteiger partial charge in [-0.1, -0.05) is 12.1 Å². The molecule has 0 aliphatic carbocycles. The second-order valence-corrected chi connectivity index (χ2v) is 9.18. The van der Waals surface area contributed by atoms with Crippen LogP contribution in [0.3, 0.4) is 0 Å². The van der Waals surface area contributed by atoms with Gasteiger partial charge in [0.2, 0.25) is 5.91 Å². The Morgan fingerprint density at radius 3 is 2.27 bits per heavy atom. The average Bonchev–Trinajstić information content (AvgIpc) is 2.90. The van der Waals surface area contributed by atoms with Crippen molar-refractivity contribution < 1.29 is 19.1 Å². The number of nitrogens with zero attached hydrogens (tertiary/aromatic N) is 3. The third kappa shape index (κ3) is 5.37. The Labute approximate surface area is 214 Å². The zero-order valence-corrected chi connectivity index (χ0v) is 21.6. The number of hydrogen-bond donors (Lipinski definition) is 1. The van der Waals surface area contributed by atoms with Crippen molar-refractivity contribution in [1.82, 2.24) is 9.13 Å². The number of methoxy groups -OCH3 is 1. The van der Waals surface area contributed by atoms with Gasteiger partial charge in [-0.25, -0.2) is 0 Å². The lowest BCUT2D eigenvalue weighted by Gasteiger charge is -2.34. The molecule has 0 atom stereocenters. The van der Waals surface area contributed by atoms with Gasteiger partial charge >= 0.3 is 17.1 Å². The quantitative estimate of drug-likeness (QED) is 0.385. The molecule has 1 amide bonds. The topological polar surface area (TPSA) is 112 Å². The standard InChI is InChI=1S/C27H32N4O6/c1-5-37-27(35)18-9-11-31(12-10-18)21-16-23-22(29(2)25(33)26(34)30(23)3)15-20(21)28-24(32)14-17-7-6-8-19(13-17)36-4/h6-8,13,15-16,18H,5,9-12,14H2,1-4H3,(H,28,32). The molecule has 10 nitrogen and oxygen atoms in total. The van der Waals surface area contributed by atoms with E-state index in [2.05, 4.69) is 10.2 Å². The van der Waals surface area contributed by atoms with Gasteiger partial charge in [0.25, 0.3) is 0 Å². The van der Waals surface area contributed by atoms with E-state index in [4.69, 9.17) is 9.47 Å². The number of carbonyl (C=O) groups is 2. The fourth-order valence-corrected chi connectivity index (χ4v) is 4.75. The van der Waals surface area contributed by atoms with Crippen molar-refractivity contribution in [3.05, 3.63) is 62.7 Å². The molecule has 0 unspecified atom stereocenters. The minimum atomic E-state index is -0.647. The third-order valence-electron chi connectivity index (χ3n) is 6.84. The summed E-state index contributed by atoms with van der Waals surface area (Å²) in [7, 11) is 4.67. The van der Waals surface area contributed by atoms with Crippen molar-refractivity contribution in [1.29, 1.82) is 0 Å². The fourth-order valence-electron chi connectivity index (χ4n) is 4.75.